The van der Waals surface area contributed by atoms with Crippen LogP contribution in [0.4, 0.5) is 5.69 Å². The molecule has 17 heavy (non-hydrogen) atoms. The van der Waals surface area contributed by atoms with E-state index in [9.17, 15) is 4.79 Å². The van der Waals surface area contributed by atoms with Gasteiger partial charge < -0.3 is 5.32 Å². The molecule has 88 valence electrons. The highest BCUT2D eigenvalue weighted by atomic mass is 32.1. The van der Waals surface area contributed by atoms with Crippen molar-refractivity contribution in [1.29, 1.82) is 0 Å². The molecule has 1 amide bonds. The summed E-state index contributed by atoms with van der Waals surface area (Å²) in [5.74, 6) is 0.0411. The molecule has 0 bridgehead atoms. The van der Waals surface area contributed by atoms with Gasteiger partial charge in [-0.05, 0) is 36.9 Å². The molecule has 0 aliphatic carbocycles. The van der Waals surface area contributed by atoms with Gasteiger partial charge in [0.2, 0.25) is 5.91 Å². The predicted octanol–water partition coefficient (Wildman–Crippen LogP) is 3.55. The number of rotatable bonds is 3. The van der Waals surface area contributed by atoms with Crippen LogP contribution < -0.4 is 5.32 Å². The number of amides is 1. The minimum absolute atomic E-state index is 0.0411. The number of thiophene rings is 1. The molecule has 0 fully saturated rings. The molecule has 0 saturated heterocycles. The monoisotopic (exact) mass is 245 g/mol. The molecule has 0 aliphatic rings. The highest BCUT2D eigenvalue weighted by Crippen LogP contribution is 2.17. The Bertz CT molecular complexity index is 517. The molecule has 1 aromatic carbocycles. The molecule has 3 heteroatoms. The molecule has 2 aromatic rings. The lowest BCUT2D eigenvalue weighted by molar-refractivity contribution is -0.115. The van der Waals surface area contributed by atoms with Gasteiger partial charge in [-0.25, -0.2) is 0 Å². The van der Waals surface area contributed by atoms with E-state index in [1.165, 1.54) is 5.56 Å². The summed E-state index contributed by atoms with van der Waals surface area (Å²) in [7, 11) is 0. The van der Waals surface area contributed by atoms with Crippen molar-refractivity contribution in [1.82, 2.24) is 0 Å². The molecule has 2 rings (SSSR count). The fourth-order valence-corrected chi connectivity index (χ4v) is 2.42. The quantitative estimate of drug-likeness (QED) is 0.880. The van der Waals surface area contributed by atoms with Gasteiger partial charge in [0.05, 0.1) is 6.42 Å². The van der Waals surface area contributed by atoms with Gasteiger partial charge in [0.1, 0.15) is 0 Å². The molecule has 1 heterocycles. The van der Waals surface area contributed by atoms with Crippen molar-refractivity contribution in [3.8, 4) is 0 Å². The zero-order chi connectivity index (χ0) is 12.3. The van der Waals surface area contributed by atoms with Crippen molar-refractivity contribution in [2.45, 2.75) is 20.3 Å². The second-order valence-electron chi connectivity index (χ2n) is 4.12. The van der Waals surface area contributed by atoms with Gasteiger partial charge in [-0.3, -0.25) is 4.79 Å². The Morgan fingerprint density at radius 1 is 1.29 bits per heavy atom. The van der Waals surface area contributed by atoms with E-state index in [1.54, 1.807) is 11.3 Å². The molecule has 1 aromatic heterocycles. The predicted molar refractivity (Wildman–Crippen MR) is 72.6 cm³/mol. The molecular weight excluding hydrogens is 230 g/mol. The first-order valence-corrected chi connectivity index (χ1v) is 6.42. The molecule has 0 saturated carbocycles. The smallest absolute Gasteiger partial charge is 0.229 e. The van der Waals surface area contributed by atoms with Crippen molar-refractivity contribution in [3.63, 3.8) is 0 Å². The van der Waals surface area contributed by atoms with Gasteiger partial charge in [-0.15, -0.1) is 11.3 Å². The van der Waals surface area contributed by atoms with E-state index >= 15 is 0 Å². The van der Waals surface area contributed by atoms with Crippen molar-refractivity contribution in [3.05, 3.63) is 51.7 Å². The third-order valence-corrected chi connectivity index (χ3v) is 3.45. The summed E-state index contributed by atoms with van der Waals surface area (Å²) in [4.78, 5) is 12.9. The van der Waals surface area contributed by atoms with Gasteiger partial charge in [-0.1, -0.05) is 23.8 Å². The van der Waals surface area contributed by atoms with E-state index in [-0.39, 0.29) is 5.91 Å². The lowest BCUT2D eigenvalue weighted by atomic mass is 10.1. The van der Waals surface area contributed by atoms with E-state index in [0.29, 0.717) is 6.42 Å². The van der Waals surface area contributed by atoms with Crippen LogP contribution in [0, 0.1) is 13.8 Å². The second kappa shape index (κ2) is 5.15. The molecular formula is C14H15NOS. The Hall–Kier alpha value is -1.61. The number of carbonyl (C=O) groups excluding carboxylic acids is 1. The second-order valence-corrected chi connectivity index (χ2v) is 5.15. The van der Waals surface area contributed by atoms with Gasteiger partial charge in [0.25, 0.3) is 0 Å². The van der Waals surface area contributed by atoms with Crippen LogP contribution in [0.2, 0.25) is 0 Å². The fraction of sp³-hybridized carbons (Fsp3) is 0.214. The Morgan fingerprint density at radius 2 is 2.12 bits per heavy atom. The van der Waals surface area contributed by atoms with E-state index in [1.807, 2.05) is 43.5 Å². The third-order valence-electron chi connectivity index (χ3n) is 2.57. The van der Waals surface area contributed by atoms with Crippen LogP contribution >= 0.6 is 11.3 Å². The zero-order valence-corrected chi connectivity index (χ0v) is 10.8. The number of aryl methyl sites for hydroxylation is 2. The Balaban J connectivity index is 2.03. The normalized spacial score (nSPS) is 10.2. The maximum Gasteiger partial charge on any atom is 0.229 e. The zero-order valence-electron chi connectivity index (χ0n) is 9.99. The van der Waals surface area contributed by atoms with Gasteiger partial charge >= 0.3 is 0 Å². The number of carbonyl (C=O) groups is 1. The standard InChI is InChI=1S/C14H15NOS/c1-10-5-6-13(11(2)8-10)15-14(16)9-12-4-3-7-17-12/h3-8H,9H2,1-2H3,(H,15,16). The summed E-state index contributed by atoms with van der Waals surface area (Å²) in [5, 5.41) is 4.93. The van der Waals surface area contributed by atoms with Gasteiger partial charge in [0, 0.05) is 10.6 Å². The molecule has 0 aliphatic heterocycles. The van der Waals surface area contributed by atoms with Gasteiger partial charge in [0.15, 0.2) is 0 Å². The topological polar surface area (TPSA) is 29.1 Å². The Labute approximate surface area is 105 Å². The van der Waals surface area contributed by atoms with Crippen LogP contribution in [0.1, 0.15) is 16.0 Å². The maximum atomic E-state index is 11.8. The average molecular weight is 245 g/mol. The summed E-state index contributed by atoms with van der Waals surface area (Å²) in [5.41, 5.74) is 3.21. The lowest BCUT2D eigenvalue weighted by Gasteiger charge is -2.08. The molecule has 1 N–H and O–H groups in total. The Morgan fingerprint density at radius 3 is 2.76 bits per heavy atom. The number of anilines is 1. The molecule has 0 atom stereocenters. The molecule has 0 spiro atoms. The SMILES string of the molecule is Cc1ccc(NC(=O)Cc2cccs2)c(C)c1. The summed E-state index contributed by atoms with van der Waals surface area (Å²) in [6.07, 6.45) is 0.449. The number of benzene rings is 1. The third kappa shape index (κ3) is 3.17. The van der Waals surface area contributed by atoms with Crippen LogP contribution in [-0.4, -0.2) is 5.91 Å². The van der Waals surface area contributed by atoms with Crippen LogP contribution in [0.15, 0.2) is 35.7 Å². The number of hydrogen-bond donors (Lipinski definition) is 1. The number of nitrogens with one attached hydrogen (secondary N) is 1. The molecule has 0 unspecified atom stereocenters. The highest BCUT2D eigenvalue weighted by Gasteiger charge is 2.06. The summed E-state index contributed by atoms with van der Waals surface area (Å²) in [6.45, 7) is 4.05. The summed E-state index contributed by atoms with van der Waals surface area (Å²) < 4.78 is 0. The average Bonchev–Trinajstić information content (AvgIpc) is 2.75. The summed E-state index contributed by atoms with van der Waals surface area (Å²) >= 11 is 1.61. The van der Waals surface area contributed by atoms with Crippen LogP contribution in [0.3, 0.4) is 0 Å². The first kappa shape index (κ1) is 11.9. The molecule has 2 nitrogen and oxygen atoms in total. The van der Waals surface area contributed by atoms with E-state index < -0.39 is 0 Å². The van der Waals surface area contributed by atoms with E-state index in [0.717, 1.165) is 16.1 Å². The maximum absolute atomic E-state index is 11.8. The highest BCUT2D eigenvalue weighted by molar-refractivity contribution is 7.10. The van der Waals surface area contributed by atoms with Crippen molar-refractivity contribution in [2.75, 3.05) is 5.32 Å². The van der Waals surface area contributed by atoms with Crippen LogP contribution in [-0.2, 0) is 11.2 Å². The minimum atomic E-state index is 0.0411. The lowest BCUT2D eigenvalue weighted by Crippen LogP contribution is -2.14. The van der Waals surface area contributed by atoms with Crippen LogP contribution in [0.25, 0.3) is 0 Å². The number of hydrogen-bond acceptors (Lipinski definition) is 2. The largest absolute Gasteiger partial charge is 0.326 e. The van der Waals surface area contributed by atoms with E-state index in [4.69, 9.17) is 0 Å². The first-order chi connectivity index (χ1) is 8.15. The van der Waals surface area contributed by atoms with Crippen molar-refractivity contribution >= 4 is 22.9 Å². The van der Waals surface area contributed by atoms with Gasteiger partial charge in [-0.2, -0.15) is 0 Å². The van der Waals surface area contributed by atoms with Crippen molar-refractivity contribution < 1.29 is 4.79 Å². The summed E-state index contributed by atoms with van der Waals surface area (Å²) in [6, 6.07) is 9.97. The molecule has 0 radical (unpaired) electrons. The van der Waals surface area contributed by atoms with E-state index in [2.05, 4.69) is 11.4 Å². The minimum Gasteiger partial charge on any atom is -0.326 e. The first-order valence-electron chi connectivity index (χ1n) is 5.54. The van der Waals surface area contributed by atoms with Crippen molar-refractivity contribution in [2.24, 2.45) is 0 Å². The Kier molecular flexibility index (Phi) is 3.59. The fourth-order valence-electron chi connectivity index (χ4n) is 1.72. The van der Waals surface area contributed by atoms with Crippen LogP contribution in [0.5, 0.6) is 0 Å².